The van der Waals surface area contributed by atoms with E-state index in [1.807, 2.05) is 18.2 Å². The van der Waals surface area contributed by atoms with Crippen LogP contribution in [0.4, 0.5) is 5.82 Å². The molecule has 8 heteroatoms. The lowest BCUT2D eigenvalue weighted by Gasteiger charge is -2.16. The zero-order valence-corrected chi connectivity index (χ0v) is 37.0. The second-order valence-electron chi connectivity index (χ2n) is 14.4. The molecule has 0 aliphatic carbocycles. The monoisotopic (exact) mass is 832 g/mol. The van der Waals surface area contributed by atoms with Gasteiger partial charge in [0.2, 0.25) is 5.91 Å². The predicted molar refractivity (Wildman–Crippen MR) is 256 cm³/mol. The summed E-state index contributed by atoms with van der Waals surface area (Å²) in [7, 11) is 0. The number of anilines is 1. The lowest BCUT2D eigenvalue weighted by Crippen LogP contribution is -2.28. The maximum atomic E-state index is 12.8. The average Bonchev–Trinajstić information content (AvgIpc) is 3.73. The van der Waals surface area contributed by atoms with Gasteiger partial charge in [0.1, 0.15) is 18.7 Å². The molecule has 0 radical (unpaired) electrons. The summed E-state index contributed by atoms with van der Waals surface area (Å²) in [5, 5.41) is 2.71. The number of amides is 1. The first-order valence-corrected chi connectivity index (χ1v) is 22.5. The molecule has 1 fully saturated rings. The highest BCUT2D eigenvalue weighted by molar-refractivity contribution is 5.89. The highest BCUT2D eigenvalue weighted by Gasteiger charge is 2.28. The number of nitrogens with one attached hydrogen (secondary N) is 1. The number of allylic oxidation sites excluding steroid dienone is 24. The van der Waals surface area contributed by atoms with Crippen molar-refractivity contribution in [1.82, 2.24) is 9.55 Å². The van der Waals surface area contributed by atoms with E-state index in [0.29, 0.717) is 38.5 Å². The molecule has 1 saturated heterocycles. The summed E-state index contributed by atoms with van der Waals surface area (Å²) < 4.78 is 12.9. The molecule has 1 aromatic rings. The Hall–Kier alpha value is -5.34. The molecule has 1 amide bonds. The van der Waals surface area contributed by atoms with Gasteiger partial charge in [-0.25, -0.2) is 4.79 Å². The molecule has 1 aliphatic rings. The molecule has 1 unspecified atom stereocenters. The Bertz CT molecular complexity index is 1760. The zero-order valence-electron chi connectivity index (χ0n) is 37.0. The summed E-state index contributed by atoms with van der Waals surface area (Å²) in [6.07, 6.45) is 67.0. The molecular weight excluding hydrogens is 759 g/mol. The summed E-state index contributed by atoms with van der Waals surface area (Å²) in [4.78, 5) is 41.5. The second-order valence-corrected chi connectivity index (χ2v) is 14.4. The van der Waals surface area contributed by atoms with Crippen molar-refractivity contribution < 1.29 is 19.1 Å². The van der Waals surface area contributed by atoms with Crippen molar-refractivity contribution in [3.05, 3.63) is 169 Å². The fraction of sp³-hybridized carbons (Fsp3) is 0.434. The molecule has 1 N–H and O–H groups in total. The van der Waals surface area contributed by atoms with Crippen molar-refractivity contribution in [3.8, 4) is 0 Å². The molecule has 0 spiro atoms. The van der Waals surface area contributed by atoms with Gasteiger partial charge in [-0.3, -0.25) is 14.2 Å². The van der Waals surface area contributed by atoms with Crippen molar-refractivity contribution in [3.63, 3.8) is 0 Å². The third-order valence-electron chi connectivity index (χ3n) is 9.17. The number of hydrogen-bond donors (Lipinski definition) is 1. The van der Waals surface area contributed by atoms with Gasteiger partial charge in [0.05, 0.1) is 6.10 Å². The molecule has 61 heavy (non-hydrogen) atoms. The SMILES string of the molecule is CC/C=C\C/C=C\C/C=C\C/C=C\C/C=C\C/C=C\CCC(=O)Nc1ccn(C2CC[C@@H](COC(=O)CC/C=C\C/C=C\C/C=C\C/C=C\C/C=C\C/C=C\CC)O2)c(=O)n1. The highest BCUT2D eigenvalue weighted by Crippen LogP contribution is 2.27. The molecule has 2 atom stereocenters. The molecule has 0 aromatic carbocycles. The largest absolute Gasteiger partial charge is 0.463 e. The first-order valence-electron chi connectivity index (χ1n) is 22.5. The van der Waals surface area contributed by atoms with Crippen LogP contribution >= 0.6 is 0 Å². The molecule has 0 saturated carbocycles. The minimum Gasteiger partial charge on any atom is -0.463 e. The van der Waals surface area contributed by atoms with Gasteiger partial charge in [-0.2, -0.15) is 4.98 Å². The fourth-order valence-corrected chi connectivity index (χ4v) is 5.87. The van der Waals surface area contributed by atoms with Gasteiger partial charge in [-0.15, -0.1) is 0 Å². The molecule has 8 nitrogen and oxygen atoms in total. The molecule has 1 aliphatic heterocycles. The Balaban J connectivity index is 1.52. The van der Waals surface area contributed by atoms with Crippen molar-refractivity contribution in [1.29, 1.82) is 0 Å². The van der Waals surface area contributed by atoms with Crippen LogP contribution in [-0.4, -0.2) is 34.1 Å². The number of aromatic nitrogens is 2. The Morgan fingerprint density at radius 3 is 1.41 bits per heavy atom. The Labute approximate surface area is 367 Å². The standard InChI is InChI=1S/C53H73N3O5/c1-3-5-7-9-11-13-15-17-19-21-23-25-27-29-31-33-35-37-39-41-50(57)54-49-45-46-56(53(59)55-49)51-44-43-48(61-51)47-60-52(58)42-40-38-36-34-32-30-28-26-24-22-20-18-16-14-12-10-8-6-4-2/h5-8,11-14,17-20,23-26,29-32,35-38,45-46,48,51H,3-4,9-10,15-16,21-22,27-28,33-34,39-44,47H2,1-2H3,(H,54,55,57,59)/b7-5-,8-6-,13-11-,14-12-,19-17-,20-18-,25-23-,26-24-,31-29-,32-30-,37-35-,38-36-/t48-,51?/m0/s1. The van der Waals surface area contributed by atoms with Gasteiger partial charge in [-0.05, 0) is 109 Å². The van der Waals surface area contributed by atoms with Gasteiger partial charge in [0.15, 0.2) is 0 Å². The van der Waals surface area contributed by atoms with Crippen LogP contribution in [0.15, 0.2) is 163 Å². The van der Waals surface area contributed by atoms with E-state index < -0.39 is 11.9 Å². The minimum absolute atomic E-state index is 0.145. The van der Waals surface area contributed by atoms with Crippen molar-refractivity contribution >= 4 is 17.7 Å². The summed E-state index contributed by atoms with van der Waals surface area (Å²) in [6.45, 7) is 4.44. The number of rotatable bonds is 32. The topological polar surface area (TPSA) is 99.5 Å². The smallest absolute Gasteiger partial charge is 0.351 e. The first kappa shape index (κ1) is 51.8. The van der Waals surface area contributed by atoms with E-state index in [9.17, 15) is 14.4 Å². The first-order chi connectivity index (χ1) is 30.0. The lowest BCUT2D eigenvalue weighted by molar-refractivity contribution is -0.148. The van der Waals surface area contributed by atoms with E-state index in [4.69, 9.17) is 9.47 Å². The van der Waals surface area contributed by atoms with E-state index >= 15 is 0 Å². The normalized spacial score (nSPS) is 16.7. The Morgan fingerprint density at radius 2 is 1.00 bits per heavy atom. The van der Waals surface area contributed by atoms with E-state index in [2.05, 4.69) is 152 Å². The number of hydrogen-bond acceptors (Lipinski definition) is 6. The van der Waals surface area contributed by atoms with E-state index in [-0.39, 0.29) is 30.4 Å². The van der Waals surface area contributed by atoms with Crippen LogP contribution in [0.2, 0.25) is 0 Å². The highest BCUT2D eigenvalue weighted by atomic mass is 16.6. The predicted octanol–water partition coefficient (Wildman–Crippen LogP) is 13.4. The van der Waals surface area contributed by atoms with E-state index in [1.165, 1.54) is 4.57 Å². The van der Waals surface area contributed by atoms with Crippen LogP contribution in [0.1, 0.15) is 136 Å². The maximum absolute atomic E-state index is 12.8. The molecule has 0 bridgehead atoms. The molecular formula is C53H73N3O5. The minimum atomic E-state index is -0.506. The molecule has 2 rings (SSSR count). The Kier molecular flexibility index (Phi) is 32.0. The van der Waals surface area contributed by atoms with Crippen molar-refractivity contribution in [2.24, 2.45) is 0 Å². The summed E-state index contributed by atoms with van der Waals surface area (Å²) in [6, 6.07) is 1.60. The molecule has 1 aromatic heterocycles. The van der Waals surface area contributed by atoms with Crippen molar-refractivity contribution in [2.45, 2.75) is 142 Å². The van der Waals surface area contributed by atoms with E-state index in [1.54, 1.807) is 12.3 Å². The quantitative estimate of drug-likeness (QED) is 0.0573. The third-order valence-corrected chi connectivity index (χ3v) is 9.17. The van der Waals surface area contributed by atoms with Gasteiger partial charge < -0.3 is 14.8 Å². The van der Waals surface area contributed by atoms with Gasteiger partial charge >= 0.3 is 11.7 Å². The number of nitrogens with zero attached hydrogens (tertiary/aromatic N) is 2. The Morgan fingerprint density at radius 1 is 0.607 bits per heavy atom. The van der Waals surface area contributed by atoms with Crippen LogP contribution in [0.5, 0.6) is 0 Å². The van der Waals surface area contributed by atoms with Crippen LogP contribution < -0.4 is 11.0 Å². The third kappa shape index (κ3) is 29.5. The molecule has 330 valence electrons. The number of esters is 1. The number of carbonyl (C=O) groups is 2. The van der Waals surface area contributed by atoms with Crippen LogP contribution in [0.3, 0.4) is 0 Å². The summed E-state index contributed by atoms with van der Waals surface area (Å²) >= 11 is 0. The van der Waals surface area contributed by atoms with Crippen LogP contribution in [0.25, 0.3) is 0 Å². The fourth-order valence-electron chi connectivity index (χ4n) is 5.87. The number of ether oxygens (including phenoxy) is 2. The van der Waals surface area contributed by atoms with Crippen LogP contribution in [0, 0.1) is 0 Å². The zero-order chi connectivity index (χ0) is 43.7. The summed E-state index contributed by atoms with van der Waals surface area (Å²) in [5.74, 6) is -0.264. The summed E-state index contributed by atoms with van der Waals surface area (Å²) in [5.41, 5.74) is -0.506. The van der Waals surface area contributed by atoms with Crippen molar-refractivity contribution in [2.75, 3.05) is 11.9 Å². The van der Waals surface area contributed by atoms with Crippen LogP contribution in [-0.2, 0) is 19.1 Å². The average molecular weight is 832 g/mol. The van der Waals surface area contributed by atoms with E-state index in [0.717, 1.165) is 77.0 Å². The van der Waals surface area contributed by atoms with Gasteiger partial charge in [-0.1, -0.05) is 160 Å². The maximum Gasteiger partial charge on any atom is 0.351 e. The van der Waals surface area contributed by atoms with Gasteiger partial charge in [0, 0.05) is 19.0 Å². The number of carbonyl (C=O) groups excluding carboxylic acids is 2. The van der Waals surface area contributed by atoms with Gasteiger partial charge in [0.25, 0.3) is 0 Å². The molecule has 2 heterocycles. The second kappa shape index (κ2) is 37.6. The lowest BCUT2D eigenvalue weighted by atomic mass is 10.2.